The monoisotopic (exact) mass is 664 g/mol. The Morgan fingerprint density at radius 2 is 1.34 bits per heavy atom. The van der Waals surface area contributed by atoms with Gasteiger partial charge in [0.25, 0.3) is 0 Å². The van der Waals surface area contributed by atoms with Gasteiger partial charge in [-0.25, -0.2) is 9.59 Å². The van der Waals surface area contributed by atoms with Gasteiger partial charge < -0.3 is 48.5 Å². The first-order chi connectivity index (χ1) is 22.0. The van der Waals surface area contributed by atoms with Crippen LogP contribution in [0, 0.1) is 6.92 Å². The number of phenols is 1. The van der Waals surface area contributed by atoms with Crippen molar-refractivity contribution in [1.82, 2.24) is 0 Å². The first-order valence-corrected chi connectivity index (χ1v) is 15.7. The minimum atomic E-state index is -1.71. The van der Waals surface area contributed by atoms with Crippen molar-refractivity contribution in [2.45, 2.75) is 137 Å². The fourth-order valence-corrected chi connectivity index (χ4v) is 5.15. The summed E-state index contributed by atoms with van der Waals surface area (Å²) in [6, 6.07) is 3.55. The minimum absolute atomic E-state index is 0.0924. The molecule has 0 spiro atoms. The first-order valence-electron chi connectivity index (χ1n) is 15.7. The van der Waals surface area contributed by atoms with E-state index in [-0.39, 0.29) is 28.6 Å². The number of rotatable bonds is 10. The smallest absolute Gasteiger partial charge is 0.333 e. The molecule has 0 saturated carbocycles. The molecular weight excluding hydrogens is 616 g/mol. The molecule has 10 unspecified atom stereocenters. The number of ether oxygens (including phenoxy) is 7. The molecule has 262 valence electrons. The summed E-state index contributed by atoms with van der Waals surface area (Å²) in [7, 11) is 0. The van der Waals surface area contributed by atoms with Gasteiger partial charge in [0.05, 0.1) is 12.2 Å². The zero-order valence-electron chi connectivity index (χ0n) is 28.6. The zero-order valence-corrected chi connectivity index (χ0v) is 28.6. The molecule has 0 aromatic heterocycles. The molecule has 2 fully saturated rings. The van der Waals surface area contributed by atoms with Crippen LogP contribution in [-0.4, -0.2) is 94.6 Å². The highest BCUT2D eigenvalue weighted by Crippen LogP contribution is 2.41. The van der Waals surface area contributed by atoms with Crippen molar-refractivity contribution >= 4 is 17.9 Å². The van der Waals surface area contributed by atoms with E-state index < -0.39 is 79.3 Å². The predicted octanol–water partition coefficient (Wildman–Crippen LogP) is 3.49. The lowest BCUT2D eigenvalue weighted by Crippen LogP contribution is -2.65. The van der Waals surface area contributed by atoms with E-state index in [1.54, 1.807) is 52.8 Å². The molecule has 0 bridgehead atoms. The Morgan fingerprint density at radius 1 is 0.787 bits per heavy atom. The summed E-state index contributed by atoms with van der Waals surface area (Å²) in [6.45, 7) is 16.1. The SMILES string of the molecule is CC=C(C)C(=O)OC1C(C)OC(Oc2c(C(C)C)ccc(C)c2O)C(OC(=O)C(C)=CC)C1OC1OC(C)C(O)C(OC(C)=O)C1O. The van der Waals surface area contributed by atoms with Gasteiger partial charge in [0.1, 0.15) is 18.3 Å². The second-order valence-electron chi connectivity index (χ2n) is 12.2. The van der Waals surface area contributed by atoms with Gasteiger partial charge in [0.2, 0.25) is 6.29 Å². The number of benzene rings is 1. The van der Waals surface area contributed by atoms with Crippen LogP contribution < -0.4 is 4.74 Å². The number of hydrogen-bond acceptors (Lipinski definition) is 13. The molecule has 2 aliphatic rings. The van der Waals surface area contributed by atoms with Crippen LogP contribution >= 0.6 is 0 Å². The molecule has 13 heteroatoms. The van der Waals surface area contributed by atoms with Gasteiger partial charge in [0.15, 0.2) is 36.1 Å². The van der Waals surface area contributed by atoms with Gasteiger partial charge in [-0.1, -0.05) is 38.1 Å². The summed E-state index contributed by atoms with van der Waals surface area (Å²) in [6.07, 6.45) is -10.5. The maximum Gasteiger partial charge on any atom is 0.333 e. The topological polar surface area (TPSA) is 177 Å². The molecule has 3 rings (SSSR count). The maximum absolute atomic E-state index is 13.3. The second-order valence-corrected chi connectivity index (χ2v) is 12.2. The third kappa shape index (κ3) is 8.71. The number of aromatic hydroxyl groups is 1. The molecule has 1 aromatic rings. The highest BCUT2D eigenvalue weighted by atomic mass is 16.8. The lowest BCUT2D eigenvalue weighted by Gasteiger charge is -2.47. The molecule has 13 nitrogen and oxygen atoms in total. The van der Waals surface area contributed by atoms with Crippen molar-refractivity contribution in [3.8, 4) is 11.5 Å². The van der Waals surface area contributed by atoms with E-state index in [9.17, 15) is 29.7 Å². The standard InChI is InChI=1S/C34H48O13/c1-11-16(5)31(39)44-26-20(9)42-34(46-27-22(15(3)4)14-13-18(7)23(27)36)30(45-32(40)17(6)12-2)29(26)47-33-25(38)28(43-21(10)35)24(37)19(8)41-33/h11-15,19-20,24-26,28-30,33-34,36-38H,1-10H3. The number of aliphatic hydroxyl groups is 2. The number of phenolic OH excluding ortho intramolecular Hbond substituents is 1. The maximum atomic E-state index is 13.3. The van der Waals surface area contributed by atoms with E-state index in [0.717, 1.165) is 6.92 Å². The highest BCUT2D eigenvalue weighted by molar-refractivity contribution is 5.88. The first kappa shape index (κ1) is 38.0. The van der Waals surface area contributed by atoms with Crippen molar-refractivity contribution in [3.05, 3.63) is 46.6 Å². The van der Waals surface area contributed by atoms with Crippen LogP contribution in [0.1, 0.15) is 79.4 Å². The largest absolute Gasteiger partial charge is 0.504 e. The Hall–Kier alpha value is -3.49. The van der Waals surface area contributed by atoms with Crippen molar-refractivity contribution in [2.24, 2.45) is 0 Å². The molecule has 0 aliphatic carbocycles. The Bertz CT molecular complexity index is 1350. The molecule has 0 amide bonds. The normalized spacial score (nSPS) is 31.7. The molecule has 2 saturated heterocycles. The number of carbonyl (C=O) groups is 3. The molecule has 1 aromatic carbocycles. The van der Waals surface area contributed by atoms with Gasteiger partial charge in [0, 0.05) is 23.6 Å². The van der Waals surface area contributed by atoms with Crippen LogP contribution in [0.15, 0.2) is 35.4 Å². The number of aryl methyl sites for hydroxylation is 1. The van der Waals surface area contributed by atoms with Crippen LogP contribution in [0.3, 0.4) is 0 Å². The van der Waals surface area contributed by atoms with Crippen LogP contribution in [0.2, 0.25) is 0 Å². The van der Waals surface area contributed by atoms with E-state index >= 15 is 0 Å². The molecular formula is C34H48O13. The van der Waals surface area contributed by atoms with Crippen molar-refractivity contribution in [3.63, 3.8) is 0 Å². The number of aliphatic hydroxyl groups excluding tert-OH is 2. The predicted molar refractivity (Wildman–Crippen MR) is 167 cm³/mol. The average Bonchev–Trinajstić information content (AvgIpc) is 3.02. The Kier molecular flexibility index (Phi) is 13.0. The van der Waals surface area contributed by atoms with Gasteiger partial charge in [-0.3, -0.25) is 4.79 Å². The van der Waals surface area contributed by atoms with Gasteiger partial charge in [-0.15, -0.1) is 0 Å². The highest BCUT2D eigenvalue weighted by Gasteiger charge is 2.55. The van der Waals surface area contributed by atoms with E-state index in [2.05, 4.69) is 0 Å². The molecule has 0 radical (unpaired) electrons. The fourth-order valence-electron chi connectivity index (χ4n) is 5.15. The summed E-state index contributed by atoms with van der Waals surface area (Å²) in [4.78, 5) is 38.2. The van der Waals surface area contributed by atoms with Crippen LogP contribution in [0.5, 0.6) is 11.5 Å². The second kappa shape index (κ2) is 16.1. The number of carbonyl (C=O) groups excluding carboxylic acids is 3. The molecule has 10 atom stereocenters. The Morgan fingerprint density at radius 3 is 1.87 bits per heavy atom. The van der Waals surface area contributed by atoms with E-state index in [1.807, 2.05) is 13.8 Å². The summed E-state index contributed by atoms with van der Waals surface area (Å²) in [5.74, 6) is -2.37. The Labute approximate surface area is 275 Å². The molecule has 2 aliphatic heterocycles. The van der Waals surface area contributed by atoms with Gasteiger partial charge in [-0.05, 0) is 59.9 Å². The summed E-state index contributed by atoms with van der Waals surface area (Å²) >= 11 is 0. The quantitative estimate of drug-likeness (QED) is 0.188. The van der Waals surface area contributed by atoms with Gasteiger partial charge in [-0.2, -0.15) is 0 Å². The Balaban J connectivity index is 2.17. The minimum Gasteiger partial charge on any atom is -0.504 e. The average molecular weight is 665 g/mol. The fraction of sp³-hybridized carbons (Fsp3) is 0.618. The van der Waals surface area contributed by atoms with E-state index in [1.165, 1.54) is 19.9 Å². The van der Waals surface area contributed by atoms with Crippen LogP contribution in [0.4, 0.5) is 0 Å². The van der Waals surface area contributed by atoms with Crippen molar-refractivity contribution in [1.29, 1.82) is 0 Å². The van der Waals surface area contributed by atoms with Crippen LogP contribution in [0.25, 0.3) is 0 Å². The summed E-state index contributed by atoms with van der Waals surface area (Å²) in [5.41, 5.74) is 1.68. The van der Waals surface area contributed by atoms with Gasteiger partial charge >= 0.3 is 17.9 Å². The summed E-state index contributed by atoms with van der Waals surface area (Å²) < 4.78 is 41.6. The molecule has 47 heavy (non-hydrogen) atoms. The van der Waals surface area contributed by atoms with E-state index in [0.29, 0.717) is 11.1 Å². The third-order valence-corrected chi connectivity index (χ3v) is 8.32. The van der Waals surface area contributed by atoms with Crippen molar-refractivity contribution in [2.75, 3.05) is 0 Å². The summed E-state index contributed by atoms with van der Waals surface area (Å²) in [5, 5.41) is 32.9. The van der Waals surface area contributed by atoms with Crippen molar-refractivity contribution < 1.29 is 62.9 Å². The van der Waals surface area contributed by atoms with Crippen LogP contribution in [-0.2, 0) is 42.8 Å². The lowest BCUT2D eigenvalue weighted by atomic mass is 9.96. The van der Waals surface area contributed by atoms with E-state index in [4.69, 9.17) is 33.2 Å². The zero-order chi connectivity index (χ0) is 35.3. The third-order valence-electron chi connectivity index (χ3n) is 8.32. The molecule has 3 N–H and O–H groups in total. The number of hydrogen-bond donors (Lipinski definition) is 3. The number of allylic oxidation sites excluding steroid dienone is 2. The lowest BCUT2D eigenvalue weighted by molar-refractivity contribution is -0.348. The molecule has 2 heterocycles. The number of esters is 3.